The van der Waals surface area contributed by atoms with Crippen LogP contribution < -0.4 is 11.5 Å². The van der Waals surface area contributed by atoms with Crippen LogP contribution in [0.1, 0.15) is 21.8 Å². The van der Waals surface area contributed by atoms with Crippen LogP contribution in [0, 0.1) is 13.8 Å². The maximum atomic E-state index is 11.1. The summed E-state index contributed by atoms with van der Waals surface area (Å²) in [6.45, 7) is 3.71. The molecule has 6 heteroatoms. The van der Waals surface area contributed by atoms with Crippen molar-refractivity contribution >= 4 is 23.4 Å². The van der Waals surface area contributed by atoms with Crippen LogP contribution in [0.4, 0.5) is 5.69 Å². The van der Waals surface area contributed by atoms with Gasteiger partial charge in [-0.1, -0.05) is 0 Å². The Balaban J connectivity index is 2.33. The van der Waals surface area contributed by atoms with E-state index in [0.717, 1.165) is 11.5 Å². The number of hydrogen-bond acceptors (Lipinski definition) is 5. The molecule has 4 N–H and O–H groups in total. The van der Waals surface area contributed by atoms with E-state index in [9.17, 15) is 4.79 Å². The summed E-state index contributed by atoms with van der Waals surface area (Å²) in [4.78, 5) is 16.1. The average Bonchev–Trinajstić information content (AvgIpc) is 2.61. The van der Waals surface area contributed by atoms with Gasteiger partial charge in [-0.15, -0.1) is 0 Å². The molecule has 0 saturated heterocycles. The minimum absolute atomic E-state index is 0.409. The van der Waals surface area contributed by atoms with Gasteiger partial charge >= 0.3 is 0 Å². The summed E-state index contributed by atoms with van der Waals surface area (Å²) in [6, 6.07) is 4.87. The summed E-state index contributed by atoms with van der Waals surface area (Å²) in [5.74, 6) is 0.277. The third kappa shape index (κ3) is 2.48. The maximum absolute atomic E-state index is 11.1. The number of nitrogen functional groups attached to an aromatic ring is 1. The van der Waals surface area contributed by atoms with Crippen molar-refractivity contribution in [1.29, 1.82) is 0 Å². The first-order valence-corrected chi connectivity index (χ1v) is 6.10. The third-order valence-corrected chi connectivity index (χ3v) is 3.43. The zero-order valence-electron chi connectivity index (χ0n) is 10.1. The van der Waals surface area contributed by atoms with Crippen LogP contribution in [0.25, 0.3) is 0 Å². The summed E-state index contributed by atoms with van der Waals surface area (Å²) < 4.78 is 5.45. The number of aromatic nitrogens is 1. The van der Waals surface area contributed by atoms with Crippen LogP contribution in [0.2, 0.25) is 0 Å². The molecule has 2 rings (SSSR count). The lowest BCUT2D eigenvalue weighted by molar-refractivity contribution is 0.1000. The number of nitrogens with two attached hydrogens (primary N) is 2. The number of oxazole rings is 1. The molecule has 0 radical (unpaired) electrons. The van der Waals surface area contributed by atoms with Gasteiger partial charge in [0.1, 0.15) is 5.76 Å². The van der Waals surface area contributed by atoms with Crippen molar-refractivity contribution < 1.29 is 9.21 Å². The van der Waals surface area contributed by atoms with Crippen LogP contribution >= 0.6 is 11.8 Å². The van der Waals surface area contributed by atoms with Gasteiger partial charge in [0.25, 0.3) is 5.22 Å². The Hall–Kier alpha value is -1.95. The minimum Gasteiger partial charge on any atom is -0.436 e. The SMILES string of the molecule is Cc1nc(Sc2cc(C(N)=O)ccc2N)oc1C. The van der Waals surface area contributed by atoms with Crippen LogP contribution in [0.3, 0.4) is 0 Å². The molecule has 0 fully saturated rings. The molecular weight excluding hydrogens is 250 g/mol. The summed E-state index contributed by atoms with van der Waals surface area (Å²) in [7, 11) is 0. The van der Waals surface area contributed by atoms with Gasteiger partial charge in [0, 0.05) is 16.1 Å². The molecule has 1 aromatic carbocycles. The predicted octanol–water partition coefficient (Wildman–Crippen LogP) is 2.12. The van der Waals surface area contributed by atoms with Crippen LogP contribution in [0.5, 0.6) is 0 Å². The zero-order valence-corrected chi connectivity index (χ0v) is 10.9. The molecule has 1 aromatic heterocycles. The highest BCUT2D eigenvalue weighted by molar-refractivity contribution is 7.99. The molecule has 1 amide bonds. The molecule has 0 aliphatic heterocycles. The fourth-order valence-electron chi connectivity index (χ4n) is 1.36. The lowest BCUT2D eigenvalue weighted by atomic mass is 10.2. The van der Waals surface area contributed by atoms with Gasteiger partial charge in [-0.25, -0.2) is 4.98 Å². The van der Waals surface area contributed by atoms with Crippen molar-refractivity contribution in [1.82, 2.24) is 4.98 Å². The lowest BCUT2D eigenvalue weighted by Crippen LogP contribution is -2.11. The molecule has 5 nitrogen and oxygen atoms in total. The smallest absolute Gasteiger partial charge is 0.261 e. The number of primary amides is 1. The molecule has 0 bridgehead atoms. The largest absolute Gasteiger partial charge is 0.436 e. The van der Waals surface area contributed by atoms with E-state index in [4.69, 9.17) is 15.9 Å². The van der Waals surface area contributed by atoms with Gasteiger partial charge in [0.05, 0.1) is 5.69 Å². The number of anilines is 1. The summed E-state index contributed by atoms with van der Waals surface area (Å²) >= 11 is 1.27. The number of nitrogens with zero attached hydrogens (tertiary/aromatic N) is 1. The first kappa shape index (κ1) is 12.5. The molecule has 0 aliphatic rings. The molecule has 1 heterocycles. The predicted molar refractivity (Wildman–Crippen MR) is 69.5 cm³/mol. The second-order valence-corrected chi connectivity index (χ2v) is 4.83. The Morgan fingerprint density at radius 3 is 2.67 bits per heavy atom. The van der Waals surface area contributed by atoms with Gasteiger partial charge in [-0.3, -0.25) is 4.79 Å². The number of benzene rings is 1. The quantitative estimate of drug-likeness (QED) is 0.827. The average molecular weight is 263 g/mol. The van der Waals surface area contributed by atoms with Gasteiger partial charge in [-0.2, -0.15) is 0 Å². The molecule has 94 valence electrons. The summed E-state index contributed by atoms with van der Waals surface area (Å²) in [5.41, 5.74) is 12.9. The fraction of sp³-hybridized carbons (Fsp3) is 0.167. The number of carbonyl (C=O) groups is 1. The minimum atomic E-state index is -0.489. The number of carbonyl (C=O) groups excluding carboxylic acids is 1. The van der Waals surface area contributed by atoms with Crippen molar-refractivity contribution in [2.75, 3.05) is 5.73 Å². The van der Waals surface area contributed by atoms with E-state index in [-0.39, 0.29) is 0 Å². The second kappa shape index (κ2) is 4.73. The second-order valence-electron chi connectivity index (χ2n) is 3.84. The Labute approximate surface area is 109 Å². The number of rotatable bonds is 3. The third-order valence-electron chi connectivity index (χ3n) is 2.50. The Morgan fingerprint density at radius 1 is 1.39 bits per heavy atom. The summed E-state index contributed by atoms with van der Waals surface area (Å²) in [5, 5.41) is 0.498. The molecule has 0 unspecified atom stereocenters. The zero-order chi connectivity index (χ0) is 13.3. The summed E-state index contributed by atoms with van der Waals surface area (Å²) in [6.07, 6.45) is 0. The van der Waals surface area contributed by atoms with Gasteiger partial charge in [0.15, 0.2) is 0 Å². The highest BCUT2D eigenvalue weighted by atomic mass is 32.2. The van der Waals surface area contributed by atoms with E-state index >= 15 is 0 Å². The molecule has 18 heavy (non-hydrogen) atoms. The van der Waals surface area contributed by atoms with E-state index in [2.05, 4.69) is 4.98 Å². The number of aryl methyl sites for hydroxylation is 2. The van der Waals surface area contributed by atoms with E-state index in [1.54, 1.807) is 18.2 Å². The van der Waals surface area contributed by atoms with Gasteiger partial charge in [0.2, 0.25) is 5.91 Å². The van der Waals surface area contributed by atoms with Crippen LogP contribution in [-0.4, -0.2) is 10.9 Å². The van der Waals surface area contributed by atoms with Crippen molar-refractivity contribution in [2.45, 2.75) is 24.0 Å². The van der Waals surface area contributed by atoms with Crippen LogP contribution in [-0.2, 0) is 0 Å². The van der Waals surface area contributed by atoms with Crippen molar-refractivity contribution in [2.24, 2.45) is 5.73 Å². The number of amides is 1. The first-order valence-electron chi connectivity index (χ1n) is 5.28. The van der Waals surface area contributed by atoms with Crippen molar-refractivity contribution in [3.63, 3.8) is 0 Å². The lowest BCUT2D eigenvalue weighted by Gasteiger charge is -2.04. The highest BCUT2D eigenvalue weighted by Crippen LogP contribution is 2.33. The van der Waals surface area contributed by atoms with Crippen molar-refractivity contribution in [3.8, 4) is 0 Å². The van der Waals surface area contributed by atoms with E-state index in [0.29, 0.717) is 21.4 Å². The molecule has 0 aliphatic carbocycles. The molecule has 0 saturated carbocycles. The Bertz CT molecular complexity index is 588. The van der Waals surface area contributed by atoms with Gasteiger partial charge in [-0.05, 0) is 43.8 Å². The van der Waals surface area contributed by atoms with E-state index < -0.39 is 5.91 Å². The number of hydrogen-bond donors (Lipinski definition) is 2. The molecule has 2 aromatic rings. The fourth-order valence-corrected chi connectivity index (χ4v) is 2.27. The van der Waals surface area contributed by atoms with Crippen molar-refractivity contribution in [3.05, 3.63) is 35.2 Å². The normalized spacial score (nSPS) is 10.6. The maximum Gasteiger partial charge on any atom is 0.261 e. The highest BCUT2D eigenvalue weighted by Gasteiger charge is 2.11. The van der Waals surface area contributed by atoms with Crippen LogP contribution in [0.15, 0.2) is 32.7 Å². The van der Waals surface area contributed by atoms with E-state index in [1.165, 1.54) is 11.8 Å². The van der Waals surface area contributed by atoms with Gasteiger partial charge < -0.3 is 15.9 Å². The first-order chi connectivity index (χ1) is 8.47. The van der Waals surface area contributed by atoms with E-state index in [1.807, 2.05) is 13.8 Å². The topological polar surface area (TPSA) is 95.1 Å². The molecule has 0 atom stereocenters. The Morgan fingerprint density at radius 2 is 2.11 bits per heavy atom. The Kier molecular flexibility index (Phi) is 3.29. The molecular formula is C12H13N3O2S. The standard InChI is InChI=1S/C12H13N3O2S/c1-6-7(2)17-12(15-6)18-10-5-8(11(14)16)3-4-9(10)13/h3-5H,13H2,1-2H3,(H2,14,16). The monoisotopic (exact) mass is 263 g/mol. The molecule has 0 spiro atoms.